The van der Waals surface area contributed by atoms with Crippen molar-refractivity contribution in [1.82, 2.24) is 5.32 Å². The number of nitrogens with one attached hydrogen (secondary N) is 1. The van der Waals surface area contributed by atoms with Crippen molar-refractivity contribution in [1.29, 1.82) is 5.26 Å². The lowest BCUT2D eigenvalue weighted by atomic mass is 9.88. The van der Waals surface area contributed by atoms with Crippen molar-refractivity contribution in [2.45, 2.75) is 90.4 Å². The van der Waals surface area contributed by atoms with Crippen LogP contribution in [0.1, 0.15) is 75.6 Å². The van der Waals surface area contributed by atoms with Crippen LogP contribution in [0, 0.1) is 17.2 Å². The van der Waals surface area contributed by atoms with Gasteiger partial charge >= 0.3 is 5.97 Å². The SMILES string of the molecule is CCC(CC)OC(=O)CCc1ccc(C#N)c(OC[C@H](O)CNC(C)(C)CC2Cc3ccccc3C2)c1. The molecular weight excluding hydrogens is 464 g/mol. The Kier molecular flexibility index (Phi) is 10.5. The summed E-state index contributed by atoms with van der Waals surface area (Å²) in [5, 5.41) is 23.6. The first-order chi connectivity index (χ1) is 17.7. The van der Waals surface area contributed by atoms with Gasteiger partial charge in [0, 0.05) is 18.5 Å². The second-order valence-corrected chi connectivity index (χ2v) is 10.8. The number of nitrogens with zero attached hydrogens (tertiary/aromatic N) is 1. The fourth-order valence-corrected chi connectivity index (χ4v) is 5.11. The quantitative estimate of drug-likeness (QED) is 0.345. The Balaban J connectivity index is 1.46. The summed E-state index contributed by atoms with van der Waals surface area (Å²) in [6.45, 7) is 8.84. The van der Waals surface area contributed by atoms with Crippen LogP contribution in [0.4, 0.5) is 0 Å². The van der Waals surface area contributed by atoms with Crippen LogP contribution >= 0.6 is 0 Å². The van der Waals surface area contributed by atoms with Crippen LogP contribution in [-0.4, -0.2) is 42.0 Å². The Morgan fingerprint density at radius 2 is 1.84 bits per heavy atom. The van der Waals surface area contributed by atoms with E-state index in [0.29, 0.717) is 30.2 Å². The molecule has 3 rings (SSSR count). The molecule has 6 heteroatoms. The van der Waals surface area contributed by atoms with Crippen LogP contribution in [0.15, 0.2) is 42.5 Å². The molecular formula is C31H42N2O4. The largest absolute Gasteiger partial charge is 0.489 e. The van der Waals surface area contributed by atoms with Crippen molar-refractivity contribution < 1.29 is 19.4 Å². The van der Waals surface area contributed by atoms with Gasteiger partial charge in [0.2, 0.25) is 0 Å². The number of nitriles is 1. The first-order valence-electron chi connectivity index (χ1n) is 13.6. The van der Waals surface area contributed by atoms with E-state index in [2.05, 4.69) is 49.5 Å². The number of benzene rings is 2. The molecule has 0 heterocycles. The minimum absolute atomic E-state index is 0.0399. The maximum absolute atomic E-state index is 12.1. The number of aliphatic hydroxyl groups is 1. The van der Waals surface area contributed by atoms with E-state index in [9.17, 15) is 15.2 Å². The maximum Gasteiger partial charge on any atom is 0.306 e. The van der Waals surface area contributed by atoms with E-state index < -0.39 is 6.10 Å². The minimum Gasteiger partial charge on any atom is -0.489 e. The number of β-amino-alcohol motifs (C(OH)–C–C–N with tert-alkyl or cyclic N) is 1. The summed E-state index contributed by atoms with van der Waals surface area (Å²) in [5.74, 6) is 0.808. The van der Waals surface area contributed by atoms with Gasteiger partial charge in [0.25, 0.3) is 0 Å². The number of aryl methyl sites for hydroxylation is 1. The zero-order valence-electron chi connectivity index (χ0n) is 22.8. The standard InChI is InChI=1S/C31H42N2O4/c1-5-28(6-2)37-30(35)14-12-22-11-13-26(19-32)29(17-22)36-21-27(34)20-33-31(3,4)18-23-15-24-9-7-8-10-25(24)16-23/h7-11,13,17,23,27-28,33-34H,5-6,12,14-16,18,20-21H2,1-4H3/t27-/m1/s1. The summed E-state index contributed by atoms with van der Waals surface area (Å²) in [6.07, 6.45) is 4.87. The van der Waals surface area contributed by atoms with Crippen molar-refractivity contribution in [2.75, 3.05) is 13.2 Å². The number of rotatable bonds is 14. The zero-order valence-corrected chi connectivity index (χ0v) is 22.8. The predicted octanol–water partition coefficient (Wildman–Crippen LogP) is 5.14. The molecule has 0 fully saturated rings. The lowest BCUT2D eigenvalue weighted by Gasteiger charge is -2.30. The number of aliphatic hydroxyl groups excluding tert-OH is 1. The van der Waals surface area contributed by atoms with E-state index in [4.69, 9.17) is 9.47 Å². The van der Waals surface area contributed by atoms with E-state index in [1.54, 1.807) is 12.1 Å². The average Bonchev–Trinajstić information content (AvgIpc) is 3.29. The Bertz CT molecular complexity index is 1050. The van der Waals surface area contributed by atoms with Gasteiger partial charge in [-0.25, -0.2) is 0 Å². The highest BCUT2D eigenvalue weighted by atomic mass is 16.5. The van der Waals surface area contributed by atoms with Gasteiger partial charge < -0.3 is 19.9 Å². The number of carbonyl (C=O) groups is 1. The Morgan fingerprint density at radius 1 is 1.16 bits per heavy atom. The van der Waals surface area contributed by atoms with Crippen molar-refractivity contribution in [3.63, 3.8) is 0 Å². The molecule has 6 nitrogen and oxygen atoms in total. The smallest absolute Gasteiger partial charge is 0.306 e. The molecule has 0 spiro atoms. The molecule has 0 saturated heterocycles. The van der Waals surface area contributed by atoms with Gasteiger partial charge in [-0.1, -0.05) is 44.2 Å². The number of ether oxygens (including phenoxy) is 2. The molecule has 0 saturated carbocycles. The Hall–Kier alpha value is -2.88. The van der Waals surface area contributed by atoms with Gasteiger partial charge in [-0.3, -0.25) is 4.79 Å². The van der Waals surface area contributed by atoms with Gasteiger partial charge in [0.05, 0.1) is 5.56 Å². The zero-order chi connectivity index (χ0) is 26.8. The highest BCUT2D eigenvalue weighted by molar-refractivity contribution is 5.70. The number of hydrogen-bond donors (Lipinski definition) is 2. The van der Waals surface area contributed by atoms with Crippen molar-refractivity contribution in [3.8, 4) is 11.8 Å². The molecule has 1 aliphatic rings. The van der Waals surface area contributed by atoms with Gasteiger partial charge in [-0.15, -0.1) is 0 Å². The predicted molar refractivity (Wildman–Crippen MR) is 145 cm³/mol. The van der Waals surface area contributed by atoms with Crippen LogP contribution in [0.2, 0.25) is 0 Å². The van der Waals surface area contributed by atoms with E-state index in [-0.39, 0.29) is 30.6 Å². The fourth-order valence-electron chi connectivity index (χ4n) is 5.11. The number of carbonyl (C=O) groups excluding carboxylic acids is 1. The van der Waals surface area contributed by atoms with Crippen LogP contribution in [0.3, 0.4) is 0 Å². The number of esters is 1. The van der Waals surface area contributed by atoms with Crippen molar-refractivity contribution in [2.24, 2.45) is 5.92 Å². The molecule has 0 bridgehead atoms. The highest BCUT2D eigenvalue weighted by Gasteiger charge is 2.28. The summed E-state index contributed by atoms with van der Waals surface area (Å²) in [4.78, 5) is 12.1. The van der Waals surface area contributed by atoms with E-state index >= 15 is 0 Å². The Labute approximate surface area is 222 Å². The molecule has 1 atom stereocenters. The highest BCUT2D eigenvalue weighted by Crippen LogP contribution is 2.32. The molecule has 37 heavy (non-hydrogen) atoms. The molecule has 0 unspecified atom stereocenters. The third-order valence-electron chi connectivity index (χ3n) is 7.18. The fraction of sp³-hybridized carbons (Fsp3) is 0.548. The summed E-state index contributed by atoms with van der Waals surface area (Å²) in [6, 6.07) is 16.1. The number of fused-ring (bicyclic) bond motifs is 1. The van der Waals surface area contributed by atoms with Crippen molar-refractivity contribution in [3.05, 3.63) is 64.7 Å². The van der Waals surface area contributed by atoms with Gasteiger partial charge in [-0.2, -0.15) is 5.26 Å². The maximum atomic E-state index is 12.1. The Morgan fingerprint density at radius 3 is 2.46 bits per heavy atom. The molecule has 2 N–H and O–H groups in total. The second kappa shape index (κ2) is 13.6. The first kappa shape index (κ1) is 28.7. The van der Waals surface area contributed by atoms with Crippen LogP contribution < -0.4 is 10.1 Å². The van der Waals surface area contributed by atoms with Gasteiger partial charge in [0.15, 0.2) is 0 Å². The van der Waals surface area contributed by atoms with E-state index in [1.165, 1.54) is 11.1 Å². The third-order valence-corrected chi connectivity index (χ3v) is 7.18. The van der Waals surface area contributed by atoms with E-state index in [1.807, 2.05) is 19.9 Å². The summed E-state index contributed by atoms with van der Waals surface area (Å²) < 4.78 is 11.3. The molecule has 0 radical (unpaired) electrons. The second-order valence-electron chi connectivity index (χ2n) is 10.8. The summed E-state index contributed by atoms with van der Waals surface area (Å²) >= 11 is 0. The number of hydrogen-bond acceptors (Lipinski definition) is 6. The van der Waals surface area contributed by atoms with Gasteiger partial charge in [0.1, 0.15) is 30.6 Å². The molecule has 200 valence electrons. The van der Waals surface area contributed by atoms with Crippen molar-refractivity contribution >= 4 is 5.97 Å². The van der Waals surface area contributed by atoms with Gasteiger partial charge in [-0.05, 0) is 87.1 Å². The summed E-state index contributed by atoms with van der Waals surface area (Å²) in [5.41, 5.74) is 4.09. The molecule has 1 aliphatic carbocycles. The molecule has 2 aromatic carbocycles. The lowest BCUT2D eigenvalue weighted by Crippen LogP contribution is -2.46. The summed E-state index contributed by atoms with van der Waals surface area (Å²) in [7, 11) is 0. The lowest BCUT2D eigenvalue weighted by molar-refractivity contribution is -0.149. The molecule has 0 aromatic heterocycles. The monoisotopic (exact) mass is 506 g/mol. The normalized spacial score (nSPS) is 14.3. The average molecular weight is 507 g/mol. The van der Waals surface area contributed by atoms with Crippen LogP contribution in [-0.2, 0) is 28.8 Å². The molecule has 0 aliphatic heterocycles. The topological polar surface area (TPSA) is 91.6 Å². The molecule has 2 aromatic rings. The minimum atomic E-state index is -0.717. The van der Waals surface area contributed by atoms with E-state index in [0.717, 1.165) is 37.7 Å². The van der Waals surface area contributed by atoms with Crippen LogP contribution in [0.5, 0.6) is 5.75 Å². The molecule has 0 amide bonds. The van der Waals surface area contributed by atoms with Crippen LogP contribution in [0.25, 0.3) is 0 Å². The first-order valence-corrected chi connectivity index (χ1v) is 13.6. The third kappa shape index (κ3) is 8.87.